The highest BCUT2D eigenvalue weighted by Gasteiger charge is 2.65. The molecule has 0 heterocycles. The number of fused-ring (bicyclic) bond motifs is 4. The van der Waals surface area contributed by atoms with Gasteiger partial charge in [-0.05, 0) is 99.2 Å². The molecule has 0 aromatic heterocycles. The monoisotopic (exact) mass is 482 g/mol. The van der Waals surface area contributed by atoms with E-state index < -0.39 is 0 Å². The number of rotatable bonds is 5. The van der Waals surface area contributed by atoms with Crippen LogP contribution in [0.25, 0.3) is 0 Å². The maximum Gasteiger partial charge on any atom is 0.302 e. The summed E-state index contributed by atoms with van der Waals surface area (Å²) < 4.78 is 5.81. The van der Waals surface area contributed by atoms with Crippen molar-refractivity contribution in [3.8, 4) is 0 Å². The minimum Gasteiger partial charge on any atom is -0.462 e. The third-order valence-corrected chi connectivity index (χ3v) is 11.7. The van der Waals surface area contributed by atoms with Gasteiger partial charge in [0.2, 0.25) is 0 Å². The van der Waals surface area contributed by atoms with E-state index in [4.69, 9.17) is 4.74 Å². The van der Waals surface area contributed by atoms with Gasteiger partial charge >= 0.3 is 5.97 Å². The van der Waals surface area contributed by atoms with Gasteiger partial charge in [0.05, 0.1) is 0 Å². The first-order valence-electron chi connectivity index (χ1n) is 14.3. The average Bonchev–Trinajstić information content (AvgIpc) is 3.00. The third kappa shape index (κ3) is 3.98. The summed E-state index contributed by atoms with van der Waals surface area (Å²) in [6.45, 7) is 20.2. The second-order valence-corrected chi connectivity index (χ2v) is 14.2. The molecule has 0 amide bonds. The smallest absolute Gasteiger partial charge is 0.302 e. The summed E-state index contributed by atoms with van der Waals surface area (Å²) in [6.07, 6.45) is 11.8. The van der Waals surface area contributed by atoms with E-state index in [1.54, 1.807) is 0 Å². The number of carbonyl (C=O) groups excluding carboxylic acids is 2. The summed E-state index contributed by atoms with van der Waals surface area (Å²) in [6, 6.07) is 0. The predicted octanol–water partition coefficient (Wildman–Crippen LogP) is 8.23. The van der Waals surface area contributed by atoms with Crippen LogP contribution in [0.1, 0.15) is 120 Å². The Morgan fingerprint density at radius 1 is 1.06 bits per heavy atom. The highest BCUT2D eigenvalue weighted by atomic mass is 16.5. The highest BCUT2D eigenvalue weighted by Crippen LogP contribution is 2.71. The van der Waals surface area contributed by atoms with E-state index in [0.29, 0.717) is 30.0 Å². The van der Waals surface area contributed by atoms with Crippen LogP contribution in [-0.4, -0.2) is 17.9 Å². The first kappa shape index (κ1) is 26.7. The molecule has 0 aliphatic heterocycles. The Bertz CT molecular complexity index is 950. The Morgan fingerprint density at radius 2 is 1.74 bits per heavy atom. The van der Waals surface area contributed by atoms with Gasteiger partial charge in [-0.25, -0.2) is 0 Å². The van der Waals surface area contributed by atoms with Crippen LogP contribution in [-0.2, 0) is 14.3 Å². The topological polar surface area (TPSA) is 43.4 Å². The second kappa shape index (κ2) is 8.88. The first-order valence-corrected chi connectivity index (χ1v) is 14.3. The SMILES string of the molecule is CC(=O)OC1CC[C@]2(C)C3=C(CC[C@H]2C1(C)C)[C@]1(C)CC[C@H]([C@H](C)CCC=C(C)C)[C@@]1(C)CC3=O. The normalized spacial score (nSPS) is 40.9. The molecule has 0 spiro atoms. The van der Waals surface area contributed by atoms with Crippen molar-refractivity contribution in [3.63, 3.8) is 0 Å². The minimum atomic E-state index is -0.185. The molecule has 0 aromatic rings. The zero-order valence-electron chi connectivity index (χ0n) is 24.0. The molecule has 1 unspecified atom stereocenters. The van der Waals surface area contributed by atoms with Gasteiger partial charge in [-0.15, -0.1) is 0 Å². The van der Waals surface area contributed by atoms with Crippen LogP contribution < -0.4 is 0 Å². The largest absolute Gasteiger partial charge is 0.462 e. The molecule has 0 N–H and O–H groups in total. The Labute approximate surface area is 214 Å². The van der Waals surface area contributed by atoms with Crippen molar-refractivity contribution < 1.29 is 14.3 Å². The second-order valence-electron chi connectivity index (χ2n) is 14.2. The summed E-state index contributed by atoms with van der Waals surface area (Å²) in [4.78, 5) is 26.0. The molecule has 4 aliphatic rings. The Balaban J connectivity index is 1.68. The summed E-state index contributed by atoms with van der Waals surface area (Å²) in [5.74, 6) is 1.85. The maximum atomic E-state index is 14.2. The van der Waals surface area contributed by atoms with E-state index in [1.165, 1.54) is 42.9 Å². The molecule has 0 aromatic carbocycles. The van der Waals surface area contributed by atoms with E-state index in [-0.39, 0.29) is 33.7 Å². The van der Waals surface area contributed by atoms with Crippen LogP contribution in [0, 0.1) is 39.4 Å². The number of hydrogen-bond donors (Lipinski definition) is 0. The van der Waals surface area contributed by atoms with E-state index in [1.807, 2.05) is 0 Å². The molecule has 4 rings (SSSR count). The van der Waals surface area contributed by atoms with Gasteiger partial charge in [0.25, 0.3) is 0 Å². The number of hydrogen-bond acceptors (Lipinski definition) is 3. The average molecular weight is 483 g/mol. The molecule has 35 heavy (non-hydrogen) atoms. The van der Waals surface area contributed by atoms with Gasteiger partial charge in [-0.1, -0.05) is 58.8 Å². The maximum absolute atomic E-state index is 14.2. The zero-order valence-corrected chi connectivity index (χ0v) is 24.0. The molecule has 4 aliphatic carbocycles. The molecule has 0 radical (unpaired) electrons. The Morgan fingerprint density at radius 3 is 2.37 bits per heavy atom. The lowest BCUT2D eigenvalue weighted by Gasteiger charge is -2.61. The van der Waals surface area contributed by atoms with E-state index in [0.717, 1.165) is 32.1 Å². The fourth-order valence-electron chi connectivity index (χ4n) is 9.67. The van der Waals surface area contributed by atoms with Gasteiger partial charge in [0, 0.05) is 24.3 Å². The minimum absolute atomic E-state index is 0.0565. The molecular weight excluding hydrogens is 432 g/mol. The summed E-state index contributed by atoms with van der Waals surface area (Å²) >= 11 is 0. The summed E-state index contributed by atoms with van der Waals surface area (Å²) in [5.41, 5.74) is 4.05. The van der Waals surface area contributed by atoms with Crippen molar-refractivity contribution in [2.75, 3.05) is 0 Å². The fourth-order valence-corrected chi connectivity index (χ4v) is 9.67. The molecule has 196 valence electrons. The van der Waals surface area contributed by atoms with Crippen molar-refractivity contribution in [2.24, 2.45) is 39.4 Å². The Hall–Kier alpha value is -1.38. The molecule has 2 saturated carbocycles. The highest BCUT2D eigenvalue weighted by molar-refractivity contribution is 6.00. The molecule has 7 atom stereocenters. The lowest BCUT2D eigenvalue weighted by molar-refractivity contribution is -0.168. The van der Waals surface area contributed by atoms with E-state index in [2.05, 4.69) is 61.5 Å². The third-order valence-electron chi connectivity index (χ3n) is 11.7. The summed E-state index contributed by atoms with van der Waals surface area (Å²) in [7, 11) is 0. The number of ether oxygens (including phenoxy) is 1. The fraction of sp³-hybridized carbons (Fsp3) is 0.812. The quantitative estimate of drug-likeness (QED) is 0.293. The van der Waals surface area contributed by atoms with Gasteiger partial charge in [0.1, 0.15) is 6.10 Å². The van der Waals surface area contributed by atoms with Gasteiger partial charge in [-0.3, -0.25) is 9.59 Å². The van der Waals surface area contributed by atoms with Gasteiger partial charge < -0.3 is 4.74 Å². The van der Waals surface area contributed by atoms with Crippen LogP contribution in [0.15, 0.2) is 22.8 Å². The van der Waals surface area contributed by atoms with Crippen molar-refractivity contribution in [3.05, 3.63) is 22.8 Å². The standard InChI is InChI=1S/C32H50O3/c1-20(2)11-10-12-21(3)23-15-18-31(8)24-13-14-26-29(5,6)27(35-22(4)33)16-17-30(26,7)28(24)25(34)19-32(23,31)9/h11,21,23,26-27H,10,12-19H2,1-9H3/t21-,23-,26+,27?,30+,31+,32-/m1/s1. The van der Waals surface area contributed by atoms with Crippen molar-refractivity contribution in [1.29, 1.82) is 0 Å². The van der Waals surface area contributed by atoms with Crippen LogP contribution in [0.4, 0.5) is 0 Å². The van der Waals surface area contributed by atoms with Gasteiger partial charge in [-0.2, -0.15) is 0 Å². The Kier molecular flexibility index (Phi) is 6.76. The predicted molar refractivity (Wildman–Crippen MR) is 143 cm³/mol. The van der Waals surface area contributed by atoms with Crippen molar-refractivity contribution >= 4 is 11.8 Å². The number of carbonyl (C=O) groups is 2. The zero-order chi connectivity index (χ0) is 26.0. The van der Waals surface area contributed by atoms with Crippen molar-refractivity contribution in [1.82, 2.24) is 0 Å². The van der Waals surface area contributed by atoms with E-state index >= 15 is 0 Å². The first-order chi connectivity index (χ1) is 16.2. The van der Waals surface area contributed by atoms with Crippen LogP contribution in [0.5, 0.6) is 0 Å². The van der Waals surface area contributed by atoms with Crippen molar-refractivity contribution in [2.45, 2.75) is 126 Å². The number of allylic oxidation sites excluding steroid dienone is 4. The molecule has 2 fully saturated rings. The molecule has 3 heteroatoms. The summed E-state index contributed by atoms with van der Waals surface area (Å²) in [5, 5.41) is 0. The van der Waals surface area contributed by atoms with Gasteiger partial charge in [0.15, 0.2) is 5.78 Å². The molecule has 0 saturated heterocycles. The van der Waals surface area contributed by atoms with Crippen LogP contribution >= 0.6 is 0 Å². The van der Waals surface area contributed by atoms with Crippen LogP contribution in [0.3, 0.4) is 0 Å². The number of esters is 1. The number of Topliss-reactive ketones (excluding diaryl/α,β-unsaturated/α-hetero) is 1. The number of ketones is 1. The lowest BCUT2D eigenvalue weighted by Crippen LogP contribution is -2.57. The molecular formula is C32H50O3. The molecule has 0 bridgehead atoms. The lowest BCUT2D eigenvalue weighted by atomic mass is 9.43. The van der Waals surface area contributed by atoms with Crippen LogP contribution in [0.2, 0.25) is 0 Å². The molecule has 3 nitrogen and oxygen atoms in total. The van der Waals surface area contributed by atoms with E-state index in [9.17, 15) is 9.59 Å².